The maximum atomic E-state index is 12.1. The number of nitrogens with zero attached hydrogens (tertiary/aromatic N) is 1. The summed E-state index contributed by atoms with van der Waals surface area (Å²) in [5, 5.41) is 12.4. The van der Waals surface area contributed by atoms with Crippen molar-refractivity contribution in [2.45, 2.75) is 57.6 Å². The van der Waals surface area contributed by atoms with Gasteiger partial charge in [0.2, 0.25) is 0 Å². The molecule has 1 aliphatic rings. The zero-order valence-electron chi connectivity index (χ0n) is 11.6. The fourth-order valence-electron chi connectivity index (χ4n) is 2.73. The number of rotatable bonds is 6. The van der Waals surface area contributed by atoms with E-state index in [-0.39, 0.29) is 12.0 Å². The zero-order chi connectivity index (χ0) is 13.7. The van der Waals surface area contributed by atoms with Crippen LogP contribution in [0.5, 0.6) is 0 Å². The molecule has 1 amide bonds. The van der Waals surface area contributed by atoms with Crippen molar-refractivity contribution in [3.8, 4) is 0 Å². The van der Waals surface area contributed by atoms with Gasteiger partial charge in [-0.15, -0.1) is 0 Å². The molecule has 0 aliphatic heterocycles. The molecule has 0 spiro atoms. The van der Waals surface area contributed by atoms with Gasteiger partial charge in [0.15, 0.2) is 0 Å². The van der Waals surface area contributed by atoms with Gasteiger partial charge < -0.3 is 15.0 Å². The van der Waals surface area contributed by atoms with Crippen LogP contribution in [0.4, 0.5) is 0 Å². The topological polar surface area (TPSA) is 54.3 Å². The molecule has 1 aromatic heterocycles. The molecule has 1 saturated carbocycles. The lowest BCUT2D eigenvalue weighted by Gasteiger charge is -2.16. The Morgan fingerprint density at radius 3 is 2.95 bits per heavy atom. The SMILES string of the molecule is CCC(O)CCNC(=O)c1cccn1C1CCCC1. The predicted molar refractivity (Wildman–Crippen MR) is 75.2 cm³/mol. The van der Waals surface area contributed by atoms with E-state index in [1.54, 1.807) is 0 Å². The van der Waals surface area contributed by atoms with Crippen LogP contribution in [-0.4, -0.2) is 28.2 Å². The smallest absolute Gasteiger partial charge is 0.267 e. The standard InChI is InChI=1S/C15H24N2O2/c1-2-13(18)9-10-16-15(19)14-8-5-11-17(14)12-6-3-4-7-12/h5,8,11-13,18H,2-4,6-7,9-10H2,1H3,(H,16,19). The van der Waals surface area contributed by atoms with Gasteiger partial charge in [-0.05, 0) is 37.8 Å². The largest absolute Gasteiger partial charge is 0.393 e. The Morgan fingerprint density at radius 2 is 2.26 bits per heavy atom. The van der Waals surface area contributed by atoms with Crippen molar-refractivity contribution in [1.29, 1.82) is 0 Å². The van der Waals surface area contributed by atoms with Crippen molar-refractivity contribution in [3.63, 3.8) is 0 Å². The fraction of sp³-hybridized carbons (Fsp3) is 0.667. The Bertz CT molecular complexity index is 408. The van der Waals surface area contributed by atoms with E-state index in [1.165, 1.54) is 25.7 Å². The third-order valence-corrected chi connectivity index (χ3v) is 3.96. The Kier molecular flexibility index (Phi) is 5.02. The minimum Gasteiger partial charge on any atom is -0.393 e. The van der Waals surface area contributed by atoms with E-state index in [9.17, 15) is 9.90 Å². The van der Waals surface area contributed by atoms with Crippen molar-refractivity contribution in [2.75, 3.05) is 6.54 Å². The molecule has 1 atom stereocenters. The first-order valence-corrected chi connectivity index (χ1v) is 7.35. The molecule has 2 rings (SSSR count). The van der Waals surface area contributed by atoms with E-state index in [0.29, 0.717) is 19.0 Å². The monoisotopic (exact) mass is 264 g/mol. The molecule has 0 saturated heterocycles. The quantitative estimate of drug-likeness (QED) is 0.829. The number of amides is 1. The Labute approximate surface area is 114 Å². The molecule has 4 nitrogen and oxygen atoms in total. The average Bonchev–Trinajstić information content (AvgIpc) is 3.08. The molecular formula is C15H24N2O2. The molecule has 2 N–H and O–H groups in total. The number of aromatic nitrogens is 1. The van der Waals surface area contributed by atoms with Gasteiger partial charge in [-0.2, -0.15) is 0 Å². The maximum Gasteiger partial charge on any atom is 0.267 e. The lowest BCUT2D eigenvalue weighted by Crippen LogP contribution is -2.29. The van der Waals surface area contributed by atoms with Gasteiger partial charge >= 0.3 is 0 Å². The van der Waals surface area contributed by atoms with E-state index in [4.69, 9.17) is 0 Å². The van der Waals surface area contributed by atoms with Crippen molar-refractivity contribution < 1.29 is 9.90 Å². The highest BCUT2D eigenvalue weighted by Gasteiger charge is 2.21. The van der Waals surface area contributed by atoms with Crippen LogP contribution in [0.15, 0.2) is 18.3 Å². The highest BCUT2D eigenvalue weighted by molar-refractivity contribution is 5.92. The molecule has 4 heteroatoms. The van der Waals surface area contributed by atoms with Gasteiger partial charge in [-0.1, -0.05) is 19.8 Å². The molecule has 0 radical (unpaired) electrons. The number of hydrogen-bond donors (Lipinski definition) is 2. The van der Waals surface area contributed by atoms with Gasteiger partial charge in [0, 0.05) is 18.8 Å². The number of aliphatic hydroxyl groups is 1. The Morgan fingerprint density at radius 1 is 1.53 bits per heavy atom. The van der Waals surface area contributed by atoms with Crippen LogP contribution in [0.3, 0.4) is 0 Å². The molecule has 1 heterocycles. The van der Waals surface area contributed by atoms with Crippen LogP contribution < -0.4 is 5.32 Å². The van der Waals surface area contributed by atoms with Crippen molar-refractivity contribution in [1.82, 2.24) is 9.88 Å². The number of hydrogen-bond acceptors (Lipinski definition) is 2. The van der Waals surface area contributed by atoms with Gasteiger partial charge in [-0.25, -0.2) is 0 Å². The Hall–Kier alpha value is -1.29. The summed E-state index contributed by atoms with van der Waals surface area (Å²) >= 11 is 0. The predicted octanol–water partition coefficient (Wildman–Crippen LogP) is 2.49. The summed E-state index contributed by atoms with van der Waals surface area (Å²) in [6.45, 7) is 2.47. The number of carbonyl (C=O) groups is 1. The molecule has 1 fully saturated rings. The molecule has 1 aliphatic carbocycles. The molecule has 0 aromatic carbocycles. The second-order valence-electron chi connectivity index (χ2n) is 5.35. The molecule has 1 aromatic rings. The molecular weight excluding hydrogens is 240 g/mol. The lowest BCUT2D eigenvalue weighted by molar-refractivity contribution is 0.0930. The average molecular weight is 264 g/mol. The van der Waals surface area contributed by atoms with E-state index in [0.717, 1.165) is 12.1 Å². The molecule has 1 unspecified atom stereocenters. The van der Waals surface area contributed by atoms with Crippen molar-refractivity contribution >= 4 is 5.91 Å². The van der Waals surface area contributed by atoms with E-state index < -0.39 is 0 Å². The second kappa shape index (κ2) is 6.75. The fourth-order valence-corrected chi connectivity index (χ4v) is 2.73. The summed E-state index contributed by atoms with van der Waals surface area (Å²) in [4.78, 5) is 12.1. The van der Waals surface area contributed by atoms with Crippen molar-refractivity contribution in [3.05, 3.63) is 24.0 Å². The van der Waals surface area contributed by atoms with E-state index in [2.05, 4.69) is 9.88 Å². The number of nitrogens with one attached hydrogen (secondary N) is 1. The van der Waals surface area contributed by atoms with Gasteiger partial charge in [0.1, 0.15) is 5.69 Å². The van der Waals surface area contributed by atoms with E-state index >= 15 is 0 Å². The second-order valence-corrected chi connectivity index (χ2v) is 5.35. The lowest BCUT2D eigenvalue weighted by atomic mass is 10.2. The summed E-state index contributed by atoms with van der Waals surface area (Å²) in [6, 6.07) is 4.30. The van der Waals surface area contributed by atoms with Crippen molar-refractivity contribution in [2.24, 2.45) is 0 Å². The first-order chi connectivity index (χ1) is 9.22. The summed E-state index contributed by atoms with van der Waals surface area (Å²) in [6.07, 6.45) is 7.89. The van der Waals surface area contributed by atoms with Crippen LogP contribution >= 0.6 is 0 Å². The minimum atomic E-state index is -0.318. The number of aliphatic hydroxyl groups excluding tert-OH is 1. The van der Waals surface area contributed by atoms with Crippen LogP contribution in [0.25, 0.3) is 0 Å². The summed E-state index contributed by atoms with van der Waals surface area (Å²) in [7, 11) is 0. The summed E-state index contributed by atoms with van der Waals surface area (Å²) < 4.78 is 2.11. The maximum absolute atomic E-state index is 12.1. The minimum absolute atomic E-state index is 0.0276. The molecule has 0 bridgehead atoms. The number of carbonyl (C=O) groups excluding carboxylic acids is 1. The highest BCUT2D eigenvalue weighted by atomic mass is 16.3. The third kappa shape index (κ3) is 3.60. The van der Waals surface area contributed by atoms with Gasteiger partial charge in [0.05, 0.1) is 6.10 Å². The molecule has 106 valence electrons. The normalized spacial score (nSPS) is 17.6. The summed E-state index contributed by atoms with van der Waals surface area (Å²) in [5.74, 6) is -0.0276. The first-order valence-electron chi connectivity index (χ1n) is 7.35. The van der Waals surface area contributed by atoms with Crippen LogP contribution in [0.2, 0.25) is 0 Å². The van der Waals surface area contributed by atoms with Crippen LogP contribution in [0.1, 0.15) is 62.0 Å². The molecule has 19 heavy (non-hydrogen) atoms. The van der Waals surface area contributed by atoms with Gasteiger partial charge in [0.25, 0.3) is 5.91 Å². The zero-order valence-corrected chi connectivity index (χ0v) is 11.6. The highest BCUT2D eigenvalue weighted by Crippen LogP contribution is 2.30. The van der Waals surface area contributed by atoms with Crippen LogP contribution in [-0.2, 0) is 0 Å². The van der Waals surface area contributed by atoms with Crippen LogP contribution in [0, 0.1) is 0 Å². The summed E-state index contributed by atoms with van der Waals surface area (Å²) in [5.41, 5.74) is 0.748. The van der Waals surface area contributed by atoms with E-state index in [1.807, 2.05) is 25.3 Å². The first kappa shape index (κ1) is 14.1. The third-order valence-electron chi connectivity index (χ3n) is 3.96. The Balaban J connectivity index is 1.90. The van der Waals surface area contributed by atoms with Gasteiger partial charge in [-0.3, -0.25) is 4.79 Å².